The molecule has 154 valence electrons. The number of nitrogens with one attached hydrogen (secondary N) is 1. The molecule has 6 nitrogen and oxygen atoms in total. The second kappa shape index (κ2) is 7.65. The average Bonchev–Trinajstić information content (AvgIpc) is 3.28. The Balaban J connectivity index is 1.28. The Hall–Kier alpha value is -3.06. The van der Waals surface area contributed by atoms with Gasteiger partial charge in [-0.3, -0.25) is 9.69 Å². The van der Waals surface area contributed by atoms with E-state index in [4.69, 9.17) is 0 Å². The fourth-order valence-corrected chi connectivity index (χ4v) is 4.74. The van der Waals surface area contributed by atoms with Crippen molar-refractivity contribution < 1.29 is 9.18 Å². The number of likely N-dealkylation sites (tertiary alicyclic amines) is 1. The summed E-state index contributed by atoms with van der Waals surface area (Å²) in [5.41, 5.74) is 3.03. The summed E-state index contributed by atoms with van der Waals surface area (Å²) >= 11 is 0. The van der Waals surface area contributed by atoms with Crippen LogP contribution in [0.3, 0.4) is 0 Å². The van der Waals surface area contributed by atoms with E-state index >= 15 is 0 Å². The summed E-state index contributed by atoms with van der Waals surface area (Å²) in [6.07, 6.45) is 0.829. The van der Waals surface area contributed by atoms with Crippen molar-refractivity contribution in [3.05, 3.63) is 77.1 Å². The molecule has 0 saturated carbocycles. The Morgan fingerprint density at radius 1 is 1.10 bits per heavy atom. The van der Waals surface area contributed by atoms with Crippen LogP contribution in [-0.4, -0.2) is 38.7 Å². The first-order chi connectivity index (χ1) is 14.5. The predicted molar refractivity (Wildman–Crippen MR) is 112 cm³/mol. The zero-order valence-corrected chi connectivity index (χ0v) is 16.9. The SMILES string of the molecule is Cc1cccc(CN2C[C@H]3Cc4nnc(C(=O)Nc5cccc(F)c5)n4C[C@@H]3C2)c1. The molecule has 1 amide bonds. The first kappa shape index (κ1) is 18.9. The van der Waals surface area contributed by atoms with Crippen LogP contribution in [0.4, 0.5) is 10.1 Å². The Kier molecular flexibility index (Phi) is 4.83. The number of hydrogen-bond acceptors (Lipinski definition) is 4. The second-order valence-corrected chi connectivity index (χ2v) is 8.42. The van der Waals surface area contributed by atoms with Gasteiger partial charge < -0.3 is 9.88 Å². The van der Waals surface area contributed by atoms with Crippen LogP contribution in [0, 0.1) is 24.6 Å². The monoisotopic (exact) mass is 405 g/mol. The maximum Gasteiger partial charge on any atom is 0.293 e. The van der Waals surface area contributed by atoms with E-state index in [-0.39, 0.29) is 5.91 Å². The Morgan fingerprint density at radius 2 is 1.93 bits per heavy atom. The van der Waals surface area contributed by atoms with Crippen molar-refractivity contribution in [2.24, 2.45) is 11.8 Å². The van der Waals surface area contributed by atoms with Crippen molar-refractivity contribution in [1.82, 2.24) is 19.7 Å². The highest BCUT2D eigenvalue weighted by Gasteiger charge is 2.39. The molecule has 2 aliphatic heterocycles. The topological polar surface area (TPSA) is 63.1 Å². The summed E-state index contributed by atoms with van der Waals surface area (Å²) in [7, 11) is 0. The van der Waals surface area contributed by atoms with Gasteiger partial charge in [-0.15, -0.1) is 10.2 Å². The molecule has 3 aromatic rings. The molecular weight excluding hydrogens is 381 g/mol. The van der Waals surface area contributed by atoms with Gasteiger partial charge >= 0.3 is 0 Å². The maximum absolute atomic E-state index is 13.4. The molecule has 0 aliphatic carbocycles. The number of halogens is 1. The van der Waals surface area contributed by atoms with Crippen molar-refractivity contribution in [2.75, 3.05) is 18.4 Å². The van der Waals surface area contributed by atoms with Crippen LogP contribution in [0.25, 0.3) is 0 Å². The zero-order valence-electron chi connectivity index (χ0n) is 16.9. The van der Waals surface area contributed by atoms with Gasteiger partial charge in [-0.25, -0.2) is 4.39 Å². The molecule has 1 aromatic heterocycles. The molecule has 2 aliphatic rings. The van der Waals surface area contributed by atoms with E-state index in [1.165, 1.54) is 23.3 Å². The van der Waals surface area contributed by atoms with E-state index < -0.39 is 5.82 Å². The molecule has 3 heterocycles. The lowest BCUT2D eigenvalue weighted by atomic mass is 9.89. The molecular formula is C23H24FN5O. The van der Waals surface area contributed by atoms with Crippen LogP contribution < -0.4 is 5.32 Å². The Bertz CT molecular complexity index is 1090. The highest BCUT2D eigenvalue weighted by atomic mass is 19.1. The summed E-state index contributed by atoms with van der Waals surface area (Å²) < 4.78 is 15.3. The number of hydrogen-bond donors (Lipinski definition) is 1. The molecule has 0 radical (unpaired) electrons. The summed E-state index contributed by atoms with van der Waals surface area (Å²) in [5.74, 6) is 1.42. The van der Waals surface area contributed by atoms with Crippen molar-refractivity contribution in [1.29, 1.82) is 0 Å². The quantitative estimate of drug-likeness (QED) is 0.724. The minimum absolute atomic E-state index is 0.296. The van der Waals surface area contributed by atoms with Gasteiger partial charge in [-0.2, -0.15) is 0 Å². The molecule has 2 aromatic carbocycles. The van der Waals surface area contributed by atoms with Crippen molar-refractivity contribution in [2.45, 2.75) is 26.4 Å². The van der Waals surface area contributed by atoms with E-state index in [9.17, 15) is 9.18 Å². The zero-order chi connectivity index (χ0) is 20.7. The molecule has 7 heteroatoms. The number of fused-ring (bicyclic) bond motifs is 2. The van der Waals surface area contributed by atoms with Crippen LogP contribution in [0.2, 0.25) is 0 Å². The lowest BCUT2D eigenvalue weighted by Crippen LogP contribution is -2.31. The van der Waals surface area contributed by atoms with E-state index in [1.54, 1.807) is 12.1 Å². The van der Waals surface area contributed by atoms with Gasteiger partial charge in [0.05, 0.1) is 0 Å². The number of nitrogens with zero attached hydrogens (tertiary/aromatic N) is 4. The van der Waals surface area contributed by atoms with Gasteiger partial charge in [0.25, 0.3) is 5.91 Å². The van der Waals surface area contributed by atoms with E-state index in [0.717, 1.165) is 38.4 Å². The second-order valence-electron chi connectivity index (χ2n) is 8.42. The van der Waals surface area contributed by atoms with Crippen LogP contribution >= 0.6 is 0 Å². The number of carbonyl (C=O) groups is 1. The predicted octanol–water partition coefficient (Wildman–Crippen LogP) is 3.28. The van der Waals surface area contributed by atoms with Gasteiger partial charge in [-0.05, 0) is 42.5 Å². The number of rotatable bonds is 4. The van der Waals surface area contributed by atoms with Gasteiger partial charge in [0.1, 0.15) is 11.6 Å². The van der Waals surface area contributed by atoms with Crippen molar-refractivity contribution >= 4 is 11.6 Å². The number of aromatic nitrogens is 3. The van der Waals surface area contributed by atoms with Gasteiger partial charge in [0, 0.05) is 38.3 Å². The van der Waals surface area contributed by atoms with Crippen LogP contribution in [0.1, 0.15) is 27.6 Å². The minimum Gasteiger partial charge on any atom is -0.319 e. The first-order valence-electron chi connectivity index (χ1n) is 10.3. The third-order valence-corrected chi connectivity index (χ3v) is 6.12. The molecule has 1 fully saturated rings. The largest absolute Gasteiger partial charge is 0.319 e. The molecule has 0 unspecified atom stereocenters. The number of benzene rings is 2. The Morgan fingerprint density at radius 3 is 2.77 bits per heavy atom. The van der Waals surface area contributed by atoms with Crippen LogP contribution in [-0.2, 0) is 19.5 Å². The molecule has 2 atom stereocenters. The first-order valence-corrected chi connectivity index (χ1v) is 10.3. The molecule has 0 bridgehead atoms. The third kappa shape index (κ3) is 3.73. The third-order valence-electron chi connectivity index (χ3n) is 6.12. The van der Waals surface area contributed by atoms with Gasteiger partial charge in [-0.1, -0.05) is 35.9 Å². The Labute approximate surface area is 174 Å². The number of carbonyl (C=O) groups excluding carboxylic acids is 1. The normalized spacial score (nSPS) is 20.6. The summed E-state index contributed by atoms with van der Waals surface area (Å²) in [6, 6.07) is 14.5. The van der Waals surface area contributed by atoms with Crippen LogP contribution in [0.15, 0.2) is 48.5 Å². The average molecular weight is 405 g/mol. The smallest absolute Gasteiger partial charge is 0.293 e. The minimum atomic E-state index is -0.390. The van der Waals surface area contributed by atoms with E-state index in [0.29, 0.717) is 23.3 Å². The summed E-state index contributed by atoms with van der Waals surface area (Å²) in [4.78, 5) is 15.2. The molecule has 1 saturated heterocycles. The fraction of sp³-hybridized carbons (Fsp3) is 0.348. The molecule has 1 N–H and O–H groups in total. The van der Waals surface area contributed by atoms with Crippen LogP contribution in [0.5, 0.6) is 0 Å². The van der Waals surface area contributed by atoms with Gasteiger partial charge in [0.15, 0.2) is 0 Å². The maximum atomic E-state index is 13.4. The number of amides is 1. The van der Waals surface area contributed by atoms with Crippen molar-refractivity contribution in [3.63, 3.8) is 0 Å². The van der Waals surface area contributed by atoms with E-state index in [2.05, 4.69) is 51.6 Å². The molecule has 0 spiro atoms. The highest BCUT2D eigenvalue weighted by molar-refractivity contribution is 6.01. The highest BCUT2D eigenvalue weighted by Crippen LogP contribution is 2.33. The molecule has 30 heavy (non-hydrogen) atoms. The van der Waals surface area contributed by atoms with E-state index in [1.807, 2.05) is 4.57 Å². The summed E-state index contributed by atoms with van der Waals surface area (Å²) in [6.45, 7) is 5.85. The van der Waals surface area contributed by atoms with Crippen molar-refractivity contribution in [3.8, 4) is 0 Å². The van der Waals surface area contributed by atoms with Gasteiger partial charge in [0.2, 0.25) is 5.82 Å². The molecule has 5 rings (SSSR count). The lowest BCUT2D eigenvalue weighted by molar-refractivity contribution is 0.100. The summed E-state index contributed by atoms with van der Waals surface area (Å²) in [5, 5.41) is 11.1. The number of aryl methyl sites for hydroxylation is 1. The number of anilines is 1. The standard InChI is InChI=1S/C23H24FN5O/c1-15-4-2-5-16(8-15)11-28-12-17-9-21-26-27-22(29(21)14-18(17)13-28)23(30)25-20-7-3-6-19(24)10-20/h2-8,10,17-18H,9,11-14H2,1H3,(H,25,30)/t17-,18+/m1/s1. The lowest BCUT2D eigenvalue weighted by Gasteiger charge is -2.25. The fourth-order valence-electron chi connectivity index (χ4n) is 4.74.